The Labute approximate surface area is 117 Å². The minimum atomic E-state index is 0.269. The van der Waals surface area contributed by atoms with Gasteiger partial charge >= 0.3 is 0 Å². The average molecular weight is 320 g/mol. The molecule has 0 saturated heterocycles. The van der Waals surface area contributed by atoms with Gasteiger partial charge in [0.25, 0.3) is 0 Å². The van der Waals surface area contributed by atoms with Gasteiger partial charge in [-0.05, 0) is 54.4 Å². The fourth-order valence-electron chi connectivity index (χ4n) is 2.03. The molecule has 0 spiro atoms. The molecule has 1 aromatic rings. The summed E-state index contributed by atoms with van der Waals surface area (Å²) in [5, 5.41) is 3.39. The van der Waals surface area contributed by atoms with Crippen LogP contribution in [-0.4, -0.2) is 25.8 Å². The van der Waals surface area contributed by atoms with E-state index in [-0.39, 0.29) is 6.10 Å². The van der Waals surface area contributed by atoms with Gasteiger partial charge in [-0.2, -0.15) is 0 Å². The Bertz CT molecular complexity index is 327. The molecule has 4 heteroatoms. The van der Waals surface area contributed by atoms with Crippen LogP contribution in [0.4, 0.5) is 0 Å². The summed E-state index contributed by atoms with van der Waals surface area (Å²) in [5.74, 6) is 0.524. The highest BCUT2D eigenvalue weighted by Gasteiger charge is 2.24. The van der Waals surface area contributed by atoms with Gasteiger partial charge in [-0.1, -0.05) is 13.8 Å². The Morgan fingerprint density at radius 3 is 2.53 bits per heavy atom. The number of halogens is 1. The molecule has 0 aliphatic carbocycles. The first-order valence-electron chi connectivity index (χ1n) is 6.11. The van der Waals surface area contributed by atoms with Crippen LogP contribution in [0.25, 0.3) is 0 Å². The minimum absolute atomic E-state index is 0.269. The maximum Gasteiger partial charge on any atom is 0.0754 e. The highest BCUT2D eigenvalue weighted by Crippen LogP contribution is 2.25. The molecule has 0 aliphatic heterocycles. The first-order chi connectivity index (χ1) is 8.08. The SMILES string of the molecule is CCOC(C(C)C)C(Cc1ccc(Br)s1)NC. The van der Waals surface area contributed by atoms with Crippen LogP contribution in [0.5, 0.6) is 0 Å². The van der Waals surface area contributed by atoms with E-state index in [1.165, 1.54) is 8.66 Å². The number of nitrogens with one attached hydrogen (secondary N) is 1. The van der Waals surface area contributed by atoms with E-state index in [9.17, 15) is 0 Å². The van der Waals surface area contributed by atoms with E-state index in [0.29, 0.717) is 12.0 Å². The summed E-state index contributed by atoms with van der Waals surface area (Å²) in [6.07, 6.45) is 1.29. The maximum atomic E-state index is 5.87. The molecule has 1 aromatic heterocycles. The van der Waals surface area contributed by atoms with Gasteiger partial charge in [-0.25, -0.2) is 0 Å². The zero-order valence-electron chi connectivity index (χ0n) is 11.0. The summed E-state index contributed by atoms with van der Waals surface area (Å²) < 4.78 is 7.06. The normalized spacial score (nSPS) is 15.2. The second-order valence-corrected chi connectivity index (χ2v) is 7.02. The summed E-state index contributed by atoms with van der Waals surface area (Å²) in [5.41, 5.74) is 0. The Morgan fingerprint density at radius 1 is 1.41 bits per heavy atom. The van der Waals surface area contributed by atoms with E-state index in [1.807, 2.05) is 7.05 Å². The molecule has 1 heterocycles. The summed E-state index contributed by atoms with van der Waals surface area (Å²) in [4.78, 5) is 1.39. The second kappa shape index (κ2) is 7.52. The van der Waals surface area contributed by atoms with Crippen molar-refractivity contribution in [2.24, 2.45) is 5.92 Å². The van der Waals surface area contributed by atoms with Crippen molar-refractivity contribution in [1.82, 2.24) is 5.32 Å². The van der Waals surface area contributed by atoms with E-state index >= 15 is 0 Å². The van der Waals surface area contributed by atoms with Crippen molar-refractivity contribution in [3.05, 3.63) is 20.8 Å². The van der Waals surface area contributed by atoms with Gasteiger partial charge in [-0.15, -0.1) is 11.3 Å². The van der Waals surface area contributed by atoms with E-state index < -0.39 is 0 Å². The fourth-order valence-corrected chi connectivity index (χ4v) is 3.57. The van der Waals surface area contributed by atoms with Crippen LogP contribution in [0.1, 0.15) is 25.6 Å². The van der Waals surface area contributed by atoms with Crippen LogP contribution in [0.2, 0.25) is 0 Å². The van der Waals surface area contributed by atoms with Gasteiger partial charge in [0.1, 0.15) is 0 Å². The number of rotatable bonds is 7. The predicted octanol–water partition coefficient (Wildman–Crippen LogP) is 3.70. The number of hydrogen-bond donors (Lipinski definition) is 1. The van der Waals surface area contributed by atoms with Crippen LogP contribution in [0.3, 0.4) is 0 Å². The third-order valence-electron chi connectivity index (χ3n) is 2.83. The zero-order chi connectivity index (χ0) is 12.8. The van der Waals surface area contributed by atoms with E-state index in [1.54, 1.807) is 11.3 Å². The van der Waals surface area contributed by atoms with Gasteiger partial charge in [0.15, 0.2) is 0 Å². The molecule has 17 heavy (non-hydrogen) atoms. The Hall–Kier alpha value is 0.1000. The zero-order valence-corrected chi connectivity index (χ0v) is 13.4. The number of hydrogen-bond acceptors (Lipinski definition) is 3. The summed E-state index contributed by atoms with van der Waals surface area (Å²) in [7, 11) is 2.02. The summed E-state index contributed by atoms with van der Waals surface area (Å²) in [6, 6.07) is 4.67. The molecule has 0 bridgehead atoms. The van der Waals surface area contributed by atoms with Crippen molar-refractivity contribution in [1.29, 1.82) is 0 Å². The van der Waals surface area contributed by atoms with Crippen molar-refractivity contribution in [2.45, 2.75) is 39.3 Å². The molecular formula is C13H22BrNOS. The van der Waals surface area contributed by atoms with Crippen molar-refractivity contribution in [3.63, 3.8) is 0 Å². The van der Waals surface area contributed by atoms with Gasteiger partial charge < -0.3 is 10.1 Å². The van der Waals surface area contributed by atoms with Crippen molar-refractivity contribution < 1.29 is 4.74 Å². The molecule has 1 rings (SSSR count). The molecule has 0 radical (unpaired) electrons. The number of ether oxygens (including phenoxy) is 1. The molecule has 0 saturated carbocycles. The molecule has 0 amide bonds. The maximum absolute atomic E-state index is 5.87. The first kappa shape index (κ1) is 15.2. The smallest absolute Gasteiger partial charge is 0.0754 e. The Balaban J connectivity index is 2.68. The lowest BCUT2D eigenvalue weighted by Gasteiger charge is -2.29. The molecule has 2 unspecified atom stereocenters. The van der Waals surface area contributed by atoms with Crippen molar-refractivity contribution in [3.8, 4) is 0 Å². The number of thiophene rings is 1. The van der Waals surface area contributed by atoms with Crippen molar-refractivity contribution in [2.75, 3.05) is 13.7 Å². The highest BCUT2D eigenvalue weighted by atomic mass is 79.9. The average Bonchev–Trinajstić information content (AvgIpc) is 2.68. The van der Waals surface area contributed by atoms with Crippen LogP contribution in [0.15, 0.2) is 15.9 Å². The largest absolute Gasteiger partial charge is 0.377 e. The van der Waals surface area contributed by atoms with E-state index in [0.717, 1.165) is 13.0 Å². The number of likely N-dealkylation sites (N-methyl/N-ethyl adjacent to an activating group) is 1. The lowest BCUT2D eigenvalue weighted by Crippen LogP contribution is -2.44. The predicted molar refractivity (Wildman–Crippen MR) is 78.8 cm³/mol. The Morgan fingerprint density at radius 2 is 2.12 bits per heavy atom. The molecular weight excluding hydrogens is 298 g/mol. The molecule has 0 fully saturated rings. The fraction of sp³-hybridized carbons (Fsp3) is 0.692. The molecule has 2 atom stereocenters. The van der Waals surface area contributed by atoms with Crippen molar-refractivity contribution >= 4 is 27.3 Å². The monoisotopic (exact) mass is 319 g/mol. The second-order valence-electron chi connectivity index (χ2n) is 4.47. The Kier molecular flexibility index (Phi) is 6.70. The summed E-state index contributed by atoms with van der Waals surface area (Å²) in [6.45, 7) is 7.27. The molecule has 0 aliphatic rings. The molecule has 98 valence electrons. The lowest BCUT2D eigenvalue weighted by atomic mass is 9.96. The third-order valence-corrected chi connectivity index (χ3v) is 4.48. The van der Waals surface area contributed by atoms with Crippen LogP contribution in [-0.2, 0) is 11.2 Å². The van der Waals surface area contributed by atoms with E-state index in [4.69, 9.17) is 4.74 Å². The quantitative estimate of drug-likeness (QED) is 0.827. The summed E-state index contributed by atoms with van der Waals surface area (Å²) >= 11 is 5.31. The van der Waals surface area contributed by atoms with Crippen LogP contribution in [0, 0.1) is 5.92 Å². The highest BCUT2D eigenvalue weighted by molar-refractivity contribution is 9.11. The topological polar surface area (TPSA) is 21.3 Å². The molecule has 1 N–H and O–H groups in total. The van der Waals surface area contributed by atoms with Gasteiger partial charge in [0.2, 0.25) is 0 Å². The van der Waals surface area contributed by atoms with E-state index in [2.05, 4.69) is 54.2 Å². The third kappa shape index (κ3) is 4.70. The van der Waals surface area contributed by atoms with Gasteiger partial charge in [0, 0.05) is 17.5 Å². The molecule has 0 aromatic carbocycles. The van der Waals surface area contributed by atoms with Gasteiger partial charge in [-0.3, -0.25) is 0 Å². The van der Waals surface area contributed by atoms with Gasteiger partial charge in [0.05, 0.1) is 9.89 Å². The van der Waals surface area contributed by atoms with Crippen LogP contribution >= 0.6 is 27.3 Å². The van der Waals surface area contributed by atoms with Crippen LogP contribution < -0.4 is 5.32 Å². The first-order valence-corrected chi connectivity index (χ1v) is 7.72. The minimum Gasteiger partial charge on any atom is -0.377 e. The molecule has 2 nitrogen and oxygen atoms in total. The lowest BCUT2D eigenvalue weighted by molar-refractivity contribution is 0.00553. The standard InChI is InChI=1S/C13H22BrNOS/c1-5-16-13(9(2)3)11(15-4)8-10-6-7-12(14)17-10/h6-7,9,11,13,15H,5,8H2,1-4H3.